The Bertz CT molecular complexity index is 401. The molecule has 4 rings (SSSR count). The van der Waals surface area contributed by atoms with Gasteiger partial charge in [-0.05, 0) is 76.5 Å². The molecule has 1 unspecified atom stereocenters. The summed E-state index contributed by atoms with van der Waals surface area (Å²) in [4.78, 5) is 12.1. The van der Waals surface area contributed by atoms with Crippen molar-refractivity contribution in [2.45, 2.75) is 71.3 Å². The number of ether oxygens (including phenoxy) is 1. The minimum Gasteiger partial charge on any atom is -0.455 e. The fourth-order valence-corrected chi connectivity index (χ4v) is 5.61. The summed E-state index contributed by atoms with van der Waals surface area (Å²) in [5, 5.41) is 0. The molecular formula is C18H28O2. The smallest absolute Gasteiger partial charge is 0.333 e. The molecular weight excluding hydrogens is 248 g/mol. The van der Waals surface area contributed by atoms with Crippen molar-refractivity contribution in [1.82, 2.24) is 0 Å². The highest BCUT2D eigenvalue weighted by Gasteiger charge is 2.59. The van der Waals surface area contributed by atoms with Crippen LogP contribution in [0.1, 0.15) is 65.7 Å². The van der Waals surface area contributed by atoms with Crippen LogP contribution in [0.2, 0.25) is 0 Å². The summed E-state index contributed by atoms with van der Waals surface area (Å²) < 4.78 is 5.99. The van der Waals surface area contributed by atoms with Gasteiger partial charge in [0.15, 0.2) is 0 Å². The molecule has 4 bridgehead atoms. The minimum atomic E-state index is -0.307. The quantitative estimate of drug-likeness (QED) is 0.558. The third-order valence-corrected chi connectivity index (χ3v) is 6.50. The van der Waals surface area contributed by atoms with Crippen LogP contribution in [0.5, 0.6) is 0 Å². The van der Waals surface area contributed by atoms with Crippen LogP contribution in [0.4, 0.5) is 0 Å². The average molecular weight is 276 g/mol. The second kappa shape index (κ2) is 4.61. The van der Waals surface area contributed by atoms with Crippen molar-refractivity contribution >= 4 is 5.97 Å². The van der Waals surface area contributed by atoms with Crippen molar-refractivity contribution in [2.75, 3.05) is 0 Å². The number of rotatable bonds is 4. The number of esters is 1. The summed E-state index contributed by atoms with van der Waals surface area (Å²) in [6, 6.07) is 0. The second-order valence-corrected chi connectivity index (χ2v) is 7.95. The molecule has 0 N–H and O–H groups in total. The third kappa shape index (κ3) is 2.03. The molecule has 2 nitrogen and oxygen atoms in total. The van der Waals surface area contributed by atoms with Gasteiger partial charge in [-0.1, -0.05) is 13.5 Å². The first kappa shape index (κ1) is 14.2. The lowest BCUT2D eigenvalue weighted by Crippen LogP contribution is -2.58. The van der Waals surface area contributed by atoms with E-state index in [-0.39, 0.29) is 17.0 Å². The van der Waals surface area contributed by atoms with Crippen LogP contribution in [0.3, 0.4) is 0 Å². The molecule has 0 amide bonds. The van der Waals surface area contributed by atoms with Gasteiger partial charge in [0.2, 0.25) is 0 Å². The zero-order valence-corrected chi connectivity index (χ0v) is 13.2. The van der Waals surface area contributed by atoms with Crippen LogP contribution in [0.15, 0.2) is 12.2 Å². The van der Waals surface area contributed by atoms with Gasteiger partial charge >= 0.3 is 5.97 Å². The molecule has 4 aliphatic carbocycles. The maximum absolute atomic E-state index is 12.1. The van der Waals surface area contributed by atoms with Crippen LogP contribution in [0.25, 0.3) is 0 Å². The van der Waals surface area contributed by atoms with Crippen molar-refractivity contribution in [3.05, 3.63) is 12.2 Å². The van der Waals surface area contributed by atoms with E-state index < -0.39 is 0 Å². The van der Waals surface area contributed by atoms with Crippen LogP contribution >= 0.6 is 0 Å². The van der Waals surface area contributed by atoms with Gasteiger partial charge in [0.05, 0.1) is 0 Å². The maximum atomic E-state index is 12.1. The van der Waals surface area contributed by atoms with Gasteiger partial charge in [-0.25, -0.2) is 4.79 Å². The Balaban J connectivity index is 1.88. The zero-order valence-electron chi connectivity index (χ0n) is 13.2. The molecule has 0 saturated heterocycles. The number of hydrogen-bond donors (Lipinski definition) is 0. The van der Waals surface area contributed by atoms with Gasteiger partial charge < -0.3 is 4.74 Å². The predicted molar refractivity (Wildman–Crippen MR) is 80.2 cm³/mol. The fourth-order valence-electron chi connectivity index (χ4n) is 5.61. The first-order chi connectivity index (χ1) is 9.37. The molecule has 4 fully saturated rings. The Morgan fingerprint density at radius 1 is 1.20 bits per heavy atom. The first-order valence-electron chi connectivity index (χ1n) is 8.26. The van der Waals surface area contributed by atoms with Crippen molar-refractivity contribution in [1.29, 1.82) is 0 Å². The van der Waals surface area contributed by atoms with E-state index in [0.29, 0.717) is 5.57 Å². The Morgan fingerprint density at radius 2 is 1.65 bits per heavy atom. The summed E-state index contributed by atoms with van der Waals surface area (Å²) in [5.74, 6) is 2.45. The topological polar surface area (TPSA) is 26.3 Å². The van der Waals surface area contributed by atoms with E-state index in [9.17, 15) is 4.79 Å². The molecule has 0 spiro atoms. The molecule has 4 saturated carbocycles. The van der Waals surface area contributed by atoms with Crippen LogP contribution in [-0.2, 0) is 9.53 Å². The van der Waals surface area contributed by atoms with Crippen molar-refractivity contribution in [2.24, 2.45) is 23.2 Å². The first-order valence-corrected chi connectivity index (χ1v) is 8.26. The molecule has 4 aliphatic rings. The van der Waals surface area contributed by atoms with E-state index in [1.54, 1.807) is 6.92 Å². The molecule has 0 aromatic heterocycles. The molecule has 0 aromatic rings. The van der Waals surface area contributed by atoms with E-state index in [4.69, 9.17) is 4.74 Å². The molecule has 2 heteroatoms. The van der Waals surface area contributed by atoms with Gasteiger partial charge in [0.25, 0.3) is 0 Å². The van der Waals surface area contributed by atoms with Gasteiger partial charge in [-0.15, -0.1) is 0 Å². The van der Waals surface area contributed by atoms with Gasteiger partial charge in [0.1, 0.15) is 5.60 Å². The Morgan fingerprint density at radius 3 is 2.00 bits per heavy atom. The van der Waals surface area contributed by atoms with E-state index in [0.717, 1.165) is 24.2 Å². The zero-order chi connectivity index (χ0) is 14.5. The van der Waals surface area contributed by atoms with Gasteiger partial charge in [0, 0.05) is 11.0 Å². The maximum Gasteiger partial charge on any atom is 0.333 e. The molecule has 0 aromatic carbocycles. The highest BCUT2D eigenvalue weighted by atomic mass is 16.6. The van der Waals surface area contributed by atoms with Gasteiger partial charge in [-0.2, -0.15) is 0 Å². The number of hydrogen-bond acceptors (Lipinski definition) is 2. The van der Waals surface area contributed by atoms with Gasteiger partial charge in [-0.3, -0.25) is 0 Å². The van der Waals surface area contributed by atoms with Crippen LogP contribution in [0, 0.1) is 23.2 Å². The molecule has 20 heavy (non-hydrogen) atoms. The third-order valence-electron chi connectivity index (χ3n) is 6.50. The highest BCUT2D eigenvalue weighted by Crippen LogP contribution is 2.65. The molecule has 0 heterocycles. The normalized spacial score (nSPS) is 41.2. The summed E-state index contributed by atoms with van der Waals surface area (Å²) in [5.41, 5.74) is 0.454. The summed E-state index contributed by atoms with van der Waals surface area (Å²) in [6.45, 7) is 9.85. The Hall–Kier alpha value is -0.790. The summed E-state index contributed by atoms with van der Waals surface area (Å²) in [7, 11) is 0. The monoisotopic (exact) mass is 276 g/mol. The summed E-state index contributed by atoms with van der Waals surface area (Å²) >= 11 is 0. The highest BCUT2D eigenvalue weighted by molar-refractivity contribution is 5.87. The summed E-state index contributed by atoms with van der Waals surface area (Å²) in [6.07, 6.45) is 9.00. The lowest BCUT2D eigenvalue weighted by atomic mass is 9.45. The Kier molecular flexibility index (Phi) is 3.26. The van der Waals surface area contributed by atoms with Crippen molar-refractivity contribution < 1.29 is 9.53 Å². The van der Waals surface area contributed by atoms with E-state index in [1.807, 2.05) is 0 Å². The number of carbonyl (C=O) groups excluding carboxylic acids is 1. The van der Waals surface area contributed by atoms with E-state index >= 15 is 0 Å². The van der Waals surface area contributed by atoms with Crippen LogP contribution < -0.4 is 0 Å². The van der Waals surface area contributed by atoms with E-state index in [1.165, 1.54) is 38.5 Å². The molecule has 112 valence electrons. The SMILES string of the molecule is C=C(C)C(=O)OC(C)(CC)C12CC3CC(CC(C3)C1)C2. The lowest BCUT2D eigenvalue weighted by molar-refractivity contribution is -0.201. The largest absolute Gasteiger partial charge is 0.455 e. The Labute approximate surface area is 123 Å². The molecule has 0 radical (unpaired) electrons. The number of carbonyl (C=O) groups is 1. The average Bonchev–Trinajstić information content (AvgIpc) is 2.36. The lowest BCUT2D eigenvalue weighted by Gasteiger charge is -2.62. The fraction of sp³-hybridized carbons (Fsp3) is 0.833. The second-order valence-electron chi connectivity index (χ2n) is 7.95. The standard InChI is InChI=1S/C18H28O2/c1-5-17(4,20-16(19)12(2)3)18-9-13-6-14(10-18)8-15(7-13)11-18/h13-15H,2,5-11H2,1,3-4H3. The molecule has 0 aliphatic heterocycles. The predicted octanol–water partition coefficient (Wildman–Crippen LogP) is 4.49. The van der Waals surface area contributed by atoms with Crippen molar-refractivity contribution in [3.8, 4) is 0 Å². The van der Waals surface area contributed by atoms with E-state index in [2.05, 4.69) is 20.4 Å². The minimum absolute atomic E-state index is 0.204. The molecule has 1 atom stereocenters. The van der Waals surface area contributed by atoms with Crippen molar-refractivity contribution in [3.63, 3.8) is 0 Å². The van der Waals surface area contributed by atoms with Crippen LogP contribution in [-0.4, -0.2) is 11.6 Å².